The second-order valence-electron chi connectivity index (χ2n) is 1.95. The molecule has 0 fully saturated rings. The molecule has 1 aromatic rings. The number of ether oxygens (including phenoxy) is 1. The molecule has 0 amide bonds. The minimum atomic E-state index is 0.591. The average Bonchev–Trinajstić information content (AvgIpc) is 1.95. The van der Waals surface area contributed by atoms with Crippen molar-refractivity contribution < 1.29 is 4.74 Å². The van der Waals surface area contributed by atoms with E-state index in [1.165, 1.54) is 0 Å². The van der Waals surface area contributed by atoms with Gasteiger partial charge in [0.25, 0.3) is 0 Å². The first-order valence-electron chi connectivity index (χ1n) is 3.26. The molecule has 54 valence electrons. The Bertz CT molecular complexity index is 195. The van der Waals surface area contributed by atoms with Crippen molar-refractivity contribution in [3.8, 4) is 5.88 Å². The summed E-state index contributed by atoms with van der Waals surface area (Å²) in [6, 6.07) is 3.68. The van der Waals surface area contributed by atoms with E-state index in [0.717, 1.165) is 5.69 Å². The van der Waals surface area contributed by atoms with Crippen LogP contribution >= 0.6 is 0 Å². The molecule has 0 N–H and O–H groups in total. The molecule has 0 aliphatic carbocycles. The Balaban J connectivity index is 2.69. The van der Waals surface area contributed by atoms with Crippen molar-refractivity contribution in [1.82, 2.24) is 10.2 Å². The lowest BCUT2D eigenvalue weighted by molar-refractivity contribution is 0.322. The molecule has 0 bridgehead atoms. The van der Waals surface area contributed by atoms with Crippen molar-refractivity contribution in [2.75, 3.05) is 6.61 Å². The predicted molar refractivity (Wildman–Crippen MR) is 37.9 cm³/mol. The van der Waals surface area contributed by atoms with E-state index >= 15 is 0 Å². The summed E-state index contributed by atoms with van der Waals surface area (Å²) in [5, 5.41) is 7.62. The maximum atomic E-state index is 5.09. The van der Waals surface area contributed by atoms with Crippen LogP contribution in [0.1, 0.15) is 12.6 Å². The van der Waals surface area contributed by atoms with E-state index in [0.29, 0.717) is 12.5 Å². The fourth-order valence-electron chi connectivity index (χ4n) is 0.612. The van der Waals surface area contributed by atoms with E-state index in [9.17, 15) is 0 Å². The maximum Gasteiger partial charge on any atom is 0.233 e. The van der Waals surface area contributed by atoms with Gasteiger partial charge in [-0.25, -0.2) is 0 Å². The van der Waals surface area contributed by atoms with Crippen LogP contribution in [0.25, 0.3) is 0 Å². The van der Waals surface area contributed by atoms with Crippen molar-refractivity contribution in [2.24, 2.45) is 0 Å². The summed E-state index contributed by atoms with van der Waals surface area (Å²) < 4.78 is 5.09. The Morgan fingerprint density at radius 3 is 2.70 bits per heavy atom. The summed E-state index contributed by atoms with van der Waals surface area (Å²) >= 11 is 0. The van der Waals surface area contributed by atoms with E-state index in [1.54, 1.807) is 0 Å². The minimum Gasteiger partial charge on any atom is -0.477 e. The van der Waals surface area contributed by atoms with Crippen molar-refractivity contribution in [3.05, 3.63) is 17.8 Å². The highest BCUT2D eigenvalue weighted by Crippen LogP contribution is 2.02. The molecule has 0 aliphatic heterocycles. The van der Waals surface area contributed by atoms with Crippen molar-refractivity contribution in [2.45, 2.75) is 13.8 Å². The lowest BCUT2D eigenvalue weighted by atomic mass is 10.4. The van der Waals surface area contributed by atoms with Crippen LogP contribution in [0.5, 0.6) is 5.88 Å². The van der Waals surface area contributed by atoms with Crippen LogP contribution < -0.4 is 4.74 Å². The first-order valence-corrected chi connectivity index (χ1v) is 3.26. The zero-order valence-corrected chi connectivity index (χ0v) is 6.16. The van der Waals surface area contributed by atoms with Crippen LogP contribution in [-0.2, 0) is 0 Å². The van der Waals surface area contributed by atoms with E-state index in [-0.39, 0.29) is 0 Å². The van der Waals surface area contributed by atoms with E-state index < -0.39 is 0 Å². The summed E-state index contributed by atoms with van der Waals surface area (Å²) in [5.74, 6) is 0.591. The zero-order valence-electron chi connectivity index (χ0n) is 6.16. The number of hydrogen-bond donors (Lipinski definition) is 0. The second kappa shape index (κ2) is 3.15. The second-order valence-corrected chi connectivity index (χ2v) is 1.95. The van der Waals surface area contributed by atoms with Gasteiger partial charge in [-0.05, 0) is 19.9 Å². The maximum absolute atomic E-state index is 5.09. The van der Waals surface area contributed by atoms with Gasteiger partial charge < -0.3 is 4.74 Å². The van der Waals surface area contributed by atoms with Gasteiger partial charge in [0, 0.05) is 6.07 Å². The van der Waals surface area contributed by atoms with Crippen molar-refractivity contribution in [1.29, 1.82) is 0 Å². The third kappa shape index (κ3) is 1.69. The Kier molecular flexibility index (Phi) is 2.20. The SMILES string of the molecule is CCOc1ccc(C)nn1. The highest BCUT2D eigenvalue weighted by molar-refractivity contribution is 5.09. The highest BCUT2D eigenvalue weighted by Gasteiger charge is 1.91. The predicted octanol–water partition coefficient (Wildman–Crippen LogP) is 1.18. The molecule has 3 nitrogen and oxygen atoms in total. The molecule has 10 heavy (non-hydrogen) atoms. The number of aryl methyl sites for hydroxylation is 1. The van der Waals surface area contributed by atoms with Gasteiger partial charge in [-0.3, -0.25) is 0 Å². The third-order valence-corrected chi connectivity index (χ3v) is 1.07. The van der Waals surface area contributed by atoms with Gasteiger partial charge >= 0.3 is 0 Å². The molecule has 0 saturated heterocycles. The molecule has 3 heteroatoms. The van der Waals surface area contributed by atoms with Crippen LogP contribution in [0, 0.1) is 6.92 Å². The van der Waals surface area contributed by atoms with E-state index in [4.69, 9.17) is 4.74 Å². The van der Waals surface area contributed by atoms with Crippen LogP contribution in [0.15, 0.2) is 12.1 Å². The summed E-state index contributed by atoms with van der Waals surface area (Å²) in [6.07, 6.45) is 0. The molecule has 0 atom stereocenters. The Morgan fingerprint density at radius 1 is 1.40 bits per heavy atom. The van der Waals surface area contributed by atoms with Crippen molar-refractivity contribution >= 4 is 0 Å². The largest absolute Gasteiger partial charge is 0.477 e. The monoisotopic (exact) mass is 138 g/mol. The van der Waals surface area contributed by atoms with Gasteiger partial charge in [0.2, 0.25) is 5.88 Å². The summed E-state index contributed by atoms with van der Waals surface area (Å²) in [6.45, 7) is 4.45. The summed E-state index contributed by atoms with van der Waals surface area (Å²) in [5.41, 5.74) is 0.906. The molecule has 0 saturated carbocycles. The Labute approximate surface area is 60.0 Å². The van der Waals surface area contributed by atoms with E-state index in [2.05, 4.69) is 10.2 Å². The van der Waals surface area contributed by atoms with Gasteiger partial charge in [-0.15, -0.1) is 5.10 Å². The van der Waals surface area contributed by atoms with Gasteiger partial charge in [-0.1, -0.05) is 0 Å². The number of hydrogen-bond acceptors (Lipinski definition) is 3. The molecule has 0 aromatic carbocycles. The number of rotatable bonds is 2. The number of aromatic nitrogens is 2. The molecule has 0 unspecified atom stereocenters. The topological polar surface area (TPSA) is 35.0 Å². The third-order valence-electron chi connectivity index (χ3n) is 1.07. The smallest absolute Gasteiger partial charge is 0.233 e. The number of nitrogens with zero attached hydrogens (tertiary/aromatic N) is 2. The summed E-state index contributed by atoms with van der Waals surface area (Å²) in [4.78, 5) is 0. The first-order chi connectivity index (χ1) is 4.83. The molecule has 1 rings (SSSR count). The van der Waals surface area contributed by atoms with Crippen LogP contribution in [-0.4, -0.2) is 16.8 Å². The van der Waals surface area contributed by atoms with Crippen LogP contribution in [0.3, 0.4) is 0 Å². The standard InChI is InChI=1S/C7H10N2O/c1-3-10-7-5-4-6(2)8-9-7/h4-5H,3H2,1-2H3. The fraction of sp³-hybridized carbons (Fsp3) is 0.429. The normalized spacial score (nSPS) is 9.40. The molecule has 0 spiro atoms. The van der Waals surface area contributed by atoms with E-state index in [1.807, 2.05) is 26.0 Å². The zero-order chi connectivity index (χ0) is 7.40. The van der Waals surface area contributed by atoms with Gasteiger partial charge in [0.05, 0.1) is 12.3 Å². The van der Waals surface area contributed by atoms with Crippen LogP contribution in [0.2, 0.25) is 0 Å². The van der Waals surface area contributed by atoms with Gasteiger partial charge in [0.1, 0.15) is 0 Å². The molecule has 0 radical (unpaired) electrons. The average molecular weight is 138 g/mol. The van der Waals surface area contributed by atoms with Crippen molar-refractivity contribution in [3.63, 3.8) is 0 Å². The Morgan fingerprint density at radius 2 is 2.20 bits per heavy atom. The van der Waals surface area contributed by atoms with Crippen LogP contribution in [0.4, 0.5) is 0 Å². The highest BCUT2D eigenvalue weighted by atomic mass is 16.5. The molecular weight excluding hydrogens is 128 g/mol. The van der Waals surface area contributed by atoms with Gasteiger partial charge in [-0.2, -0.15) is 5.10 Å². The Hall–Kier alpha value is -1.12. The summed E-state index contributed by atoms with van der Waals surface area (Å²) in [7, 11) is 0. The fourth-order valence-corrected chi connectivity index (χ4v) is 0.612. The molecular formula is C7H10N2O. The quantitative estimate of drug-likeness (QED) is 0.615. The lowest BCUT2D eigenvalue weighted by Gasteiger charge is -1.98. The molecule has 0 aliphatic rings. The minimum absolute atomic E-state index is 0.591. The first kappa shape index (κ1) is 6.99. The van der Waals surface area contributed by atoms with Gasteiger partial charge in [0.15, 0.2) is 0 Å². The molecule has 1 aromatic heterocycles. The lowest BCUT2D eigenvalue weighted by Crippen LogP contribution is -1.95. The molecule has 1 heterocycles.